The van der Waals surface area contributed by atoms with Gasteiger partial charge in [-0.1, -0.05) is 42.5 Å². The average molecular weight is 450 g/mol. The minimum Gasteiger partial charge on any atom is -0.496 e. The van der Waals surface area contributed by atoms with Crippen molar-refractivity contribution in [2.24, 2.45) is 0 Å². The van der Waals surface area contributed by atoms with Gasteiger partial charge in [0.25, 0.3) is 11.6 Å². The summed E-state index contributed by atoms with van der Waals surface area (Å²) < 4.78 is 16.2. The smallest absolute Gasteiger partial charge is 0.343 e. The number of nitro benzene ring substituents is 1. The number of nitro groups is 1. The topological polar surface area (TPSA) is 117 Å². The molecule has 0 aliphatic rings. The first-order chi connectivity index (χ1) is 15.9. The van der Waals surface area contributed by atoms with E-state index in [1.54, 1.807) is 54.6 Å². The largest absolute Gasteiger partial charge is 0.496 e. The second kappa shape index (κ2) is 10.8. The fourth-order valence-corrected chi connectivity index (χ4v) is 3.09. The molecule has 0 saturated heterocycles. The van der Waals surface area contributed by atoms with Gasteiger partial charge in [-0.3, -0.25) is 14.9 Å². The third-order valence-corrected chi connectivity index (χ3v) is 4.62. The molecule has 170 valence electrons. The molecule has 0 fully saturated rings. The Morgan fingerprint density at radius 1 is 1.00 bits per heavy atom. The van der Waals surface area contributed by atoms with Crippen molar-refractivity contribution in [3.05, 3.63) is 94.0 Å². The Hall–Kier alpha value is -4.40. The Balaban J connectivity index is 1.93. The van der Waals surface area contributed by atoms with Crippen molar-refractivity contribution in [2.45, 2.75) is 13.0 Å². The molecule has 3 aromatic carbocycles. The molecule has 1 N–H and O–H groups in total. The normalized spacial score (nSPS) is 11.2. The number of non-ortho nitro benzene ring substituents is 1. The van der Waals surface area contributed by atoms with Crippen LogP contribution in [0.4, 0.5) is 11.4 Å². The quantitative estimate of drug-likeness (QED) is 0.289. The summed E-state index contributed by atoms with van der Waals surface area (Å²) in [5.41, 5.74) is 0.347. The third kappa shape index (κ3) is 5.65. The maximum atomic E-state index is 13.2. The van der Waals surface area contributed by atoms with E-state index in [0.717, 1.165) is 6.07 Å². The number of amides is 1. The second-order valence-corrected chi connectivity index (χ2v) is 6.76. The summed E-state index contributed by atoms with van der Waals surface area (Å²) in [6.07, 6.45) is -1.34. The van der Waals surface area contributed by atoms with E-state index in [1.807, 2.05) is 6.92 Å². The lowest BCUT2D eigenvalue weighted by Crippen LogP contribution is -2.26. The number of anilines is 1. The Labute approximate surface area is 190 Å². The molecule has 0 aromatic heterocycles. The van der Waals surface area contributed by atoms with Gasteiger partial charge in [-0.2, -0.15) is 0 Å². The standard InChI is InChI=1S/C24H22N2O7/c1-3-32-21-12-8-7-11-19(21)25-23(27)22(16-9-5-4-6-10-16)33-24(28)18-15-17(26(29)30)13-14-20(18)31-2/h4-15,22H,3H2,1-2H3,(H,25,27). The third-order valence-electron chi connectivity index (χ3n) is 4.62. The van der Waals surface area contributed by atoms with Crippen LogP contribution in [-0.2, 0) is 9.53 Å². The van der Waals surface area contributed by atoms with Crippen LogP contribution in [0.2, 0.25) is 0 Å². The number of benzene rings is 3. The van der Waals surface area contributed by atoms with Crippen LogP contribution in [0.15, 0.2) is 72.8 Å². The molecule has 3 rings (SSSR count). The van der Waals surface area contributed by atoms with Crippen molar-refractivity contribution < 1.29 is 28.7 Å². The summed E-state index contributed by atoms with van der Waals surface area (Å²) in [6.45, 7) is 2.22. The molecule has 1 atom stereocenters. The van der Waals surface area contributed by atoms with E-state index in [2.05, 4.69) is 5.32 Å². The molecule has 0 aliphatic heterocycles. The number of para-hydroxylation sites is 2. The Bertz CT molecular complexity index is 1150. The first kappa shape index (κ1) is 23.3. The summed E-state index contributed by atoms with van der Waals surface area (Å²) in [5, 5.41) is 13.9. The van der Waals surface area contributed by atoms with Crippen LogP contribution >= 0.6 is 0 Å². The van der Waals surface area contributed by atoms with Crippen LogP contribution in [0.25, 0.3) is 0 Å². The number of nitrogens with zero attached hydrogens (tertiary/aromatic N) is 1. The van der Waals surface area contributed by atoms with Crippen molar-refractivity contribution >= 4 is 23.3 Å². The van der Waals surface area contributed by atoms with Crippen molar-refractivity contribution in [3.63, 3.8) is 0 Å². The van der Waals surface area contributed by atoms with Gasteiger partial charge < -0.3 is 19.5 Å². The summed E-state index contributed by atoms with van der Waals surface area (Å²) in [4.78, 5) is 36.7. The van der Waals surface area contributed by atoms with E-state index in [4.69, 9.17) is 14.2 Å². The molecule has 0 bridgehead atoms. The first-order valence-corrected chi connectivity index (χ1v) is 10.1. The molecule has 1 unspecified atom stereocenters. The van der Waals surface area contributed by atoms with Crippen molar-refractivity contribution in [2.75, 3.05) is 19.0 Å². The van der Waals surface area contributed by atoms with E-state index in [1.165, 1.54) is 19.2 Å². The fourth-order valence-electron chi connectivity index (χ4n) is 3.09. The van der Waals surface area contributed by atoms with Gasteiger partial charge in [-0.25, -0.2) is 4.79 Å². The van der Waals surface area contributed by atoms with E-state index >= 15 is 0 Å². The van der Waals surface area contributed by atoms with Crippen LogP contribution in [0.3, 0.4) is 0 Å². The summed E-state index contributed by atoms with van der Waals surface area (Å²) >= 11 is 0. The monoisotopic (exact) mass is 450 g/mol. The lowest BCUT2D eigenvalue weighted by Gasteiger charge is -2.19. The van der Waals surface area contributed by atoms with Crippen LogP contribution in [0.5, 0.6) is 11.5 Å². The van der Waals surface area contributed by atoms with Gasteiger partial charge in [-0.05, 0) is 25.1 Å². The number of ether oxygens (including phenoxy) is 3. The highest BCUT2D eigenvalue weighted by Gasteiger charge is 2.28. The zero-order valence-corrected chi connectivity index (χ0v) is 18.0. The highest BCUT2D eigenvalue weighted by molar-refractivity contribution is 6.00. The van der Waals surface area contributed by atoms with E-state index in [0.29, 0.717) is 23.6 Å². The van der Waals surface area contributed by atoms with Gasteiger partial charge in [0, 0.05) is 17.7 Å². The molecule has 3 aromatic rings. The summed E-state index contributed by atoms with van der Waals surface area (Å²) in [5.74, 6) is -1.02. The average Bonchev–Trinajstić information content (AvgIpc) is 2.83. The van der Waals surface area contributed by atoms with E-state index in [-0.39, 0.29) is 17.0 Å². The SMILES string of the molecule is CCOc1ccccc1NC(=O)C(OC(=O)c1cc([N+](=O)[O-])ccc1OC)c1ccccc1. The van der Waals surface area contributed by atoms with Crippen LogP contribution in [0, 0.1) is 10.1 Å². The molecule has 0 aliphatic carbocycles. The van der Waals surface area contributed by atoms with Gasteiger partial charge in [0.15, 0.2) is 0 Å². The van der Waals surface area contributed by atoms with Crippen LogP contribution < -0.4 is 14.8 Å². The number of nitrogens with one attached hydrogen (secondary N) is 1. The van der Waals surface area contributed by atoms with Gasteiger partial charge in [0.2, 0.25) is 6.10 Å². The molecule has 9 heteroatoms. The Kier molecular flexibility index (Phi) is 7.59. The number of hydrogen-bond acceptors (Lipinski definition) is 7. The summed E-state index contributed by atoms with van der Waals surface area (Å²) in [6, 6.07) is 18.9. The lowest BCUT2D eigenvalue weighted by molar-refractivity contribution is -0.384. The maximum Gasteiger partial charge on any atom is 0.343 e. The molecule has 0 radical (unpaired) electrons. The molecule has 0 heterocycles. The summed E-state index contributed by atoms with van der Waals surface area (Å²) in [7, 11) is 1.32. The van der Waals surface area contributed by atoms with Gasteiger partial charge >= 0.3 is 5.97 Å². The van der Waals surface area contributed by atoms with Crippen LogP contribution in [-0.4, -0.2) is 30.5 Å². The Morgan fingerprint density at radius 3 is 2.36 bits per heavy atom. The number of rotatable bonds is 9. The molecular formula is C24H22N2O7. The maximum absolute atomic E-state index is 13.2. The van der Waals surface area contributed by atoms with E-state index in [9.17, 15) is 19.7 Å². The van der Waals surface area contributed by atoms with Crippen LogP contribution in [0.1, 0.15) is 28.9 Å². The predicted molar refractivity (Wildman–Crippen MR) is 120 cm³/mol. The minimum absolute atomic E-state index is 0.0829. The minimum atomic E-state index is -1.34. The first-order valence-electron chi connectivity index (χ1n) is 10.1. The molecular weight excluding hydrogens is 428 g/mol. The molecule has 0 spiro atoms. The zero-order chi connectivity index (χ0) is 23.8. The molecule has 0 saturated carbocycles. The van der Waals surface area contributed by atoms with Gasteiger partial charge in [0.05, 0.1) is 24.3 Å². The number of esters is 1. The van der Waals surface area contributed by atoms with Gasteiger partial charge in [0.1, 0.15) is 17.1 Å². The highest BCUT2D eigenvalue weighted by Crippen LogP contribution is 2.29. The lowest BCUT2D eigenvalue weighted by atomic mass is 10.1. The number of hydrogen-bond donors (Lipinski definition) is 1. The van der Waals surface area contributed by atoms with E-state index < -0.39 is 22.9 Å². The van der Waals surface area contributed by atoms with Crippen molar-refractivity contribution in [1.29, 1.82) is 0 Å². The zero-order valence-electron chi connectivity index (χ0n) is 18.0. The predicted octanol–water partition coefficient (Wildman–Crippen LogP) is 4.54. The fraction of sp³-hybridized carbons (Fsp3) is 0.167. The van der Waals surface area contributed by atoms with Crippen molar-refractivity contribution in [1.82, 2.24) is 0 Å². The molecule has 33 heavy (non-hydrogen) atoms. The Morgan fingerprint density at radius 2 is 1.70 bits per heavy atom. The van der Waals surface area contributed by atoms with Crippen molar-refractivity contribution in [3.8, 4) is 11.5 Å². The molecule has 1 amide bonds. The number of methoxy groups -OCH3 is 1. The molecule has 9 nitrogen and oxygen atoms in total. The number of carbonyl (C=O) groups is 2. The second-order valence-electron chi connectivity index (χ2n) is 6.76. The number of carbonyl (C=O) groups excluding carboxylic acids is 2. The highest BCUT2D eigenvalue weighted by atomic mass is 16.6. The van der Waals surface area contributed by atoms with Gasteiger partial charge in [-0.15, -0.1) is 0 Å².